The lowest BCUT2D eigenvalue weighted by atomic mass is 9.99. The van der Waals surface area contributed by atoms with Crippen LogP contribution < -0.4 is 10.6 Å². The highest BCUT2D eigenvalue weighted by atomic mass is 19.1. The van der Waals surface area contributed by atoms with Crippen molar-refractivity contribution in [1.82, 2.24) is 0 Å². The number of hydrogen-bond acceptors (Lipinski definition) is 4. The van der Waals surface area contributed by atoms with Gasteiger partial charge in [0.05, 0.1) is 44.1 Å². The molecule has 0 radical (unpaired) electrons. The number of benzene rings is 3. The van der Waals surface area contributed by atoms with Crippen molar-refractivity contribution < 1.29 is 32.4 Å². The van der Waals surface area contributed by atoms with Crippen LogP contribution >= 0.6 is 0 Å². The number of likely N-dealkylation sites (tertiary alicyclic amines) is 1. The first kappa shape index (κ1) is 27.9. The van der Waals surface area contributed by atoms with E-state index >= 15 is 0 Å². The lowest BCUT2D eigenvalue weighted by Gasteiger charge is -2.36. The molecule has 1 aliphatic rings. The maximum absolute atomic E-state index is 14.1. The zero-order valence-corrected chi connectivity index (χ0v) is 22.0. The molecule has 2 N–H and O–H groups in total. The molecule has 1 heterocycles. The first-order chi connectivity index (χ1) is 18.6. The molecule has 1 fully saturated rings. The van der Waals surface area contributed by atoms with E-state index in [1.165, 1.54) is 0 Å². The summed E-state index contributed by atoms with van der Waals surface area (Å²) in [6, 6.07) is 16.6. The minimum atomic E-state index is -0.920. The van der Waals surface area contributed by atoms with Crippen LogP contribution in [0.3, 0.4) is 0 Å². The van der Waals surface area contributed by atoms with E-state index in [0.29, 0.717) is 5.69 Å². The summed E-state index contributed by atoms with van der Waals surface area (Å²) in [5.74, 6) is -2.34. The quantitative estimate of drug-likeness (QED) is 0.281. The predicted octanol–water partition coefficient (Wildman–Crippen LogP) is 5.80. The SMILES string of the molecule is C[N+]1(C)CCC(OC(=O)Nc2cc(CCC(=O)Nc3cc(F)c(C=O)cc3F)ccc2-c2ccccc2)CC1. The highest BCUT2D eigenvalue weighted by Crippen LogP contribution is 2.30. The van der Waals surface area contributed by atoms with E-state index in [2.05, 4.69) is 24.7 Å². The Morgan fingerprint density at radius 1 is 0.949 bits per heavy atom. The maximum Gasteiger partial charge on any atom is 0.411 e. The molecule has 0 spiro atoms. The largest absolute Gasteiger partial charge is 0.446 e. The van der Waals surface area contributed by atoms with Crippen LogP contribution in [0.4, 0.5) is 25.0 Å². The molecule has 2 amide bonds. The normalized spacial score (nSPS) is 14.9. The van der Waals surface area contributed by atoms with Crippen molar-refractivity contribution in [2.45, 2.75) is 31.8 Å². The van der Waals surface area contributed by atoms with Gasteiger partial charge in [0.25, 0.3) is 0 Å². The van der Waals surface area contributed by atoms with Gasteiger partial charge in [-0.05, 0) is 29.7 Å². The Morgan fingerprint density at radius 3 is 2.36 bits per heavy atom. The average Bonchev–Trinajstić information content (AvgIpc) is 2.91. The van der Waals surface area contributed by atoms with Crippen molar-refractivity contribution in [2.24, 2.45) is 0 Å². The summed E-state index contributed by atoms with van der Waals surface area (Å²) in [6.45, 7) is 1.87. The van der Waals surface area contributed by atoms with Crippen molar-refractivity contribution in [1.29, 1.82) is 0 Å². The van der Waals surface area contributed by atoms with Crippen molar-refractivity contribution in [3.8, 4) is 11.1 Å². The molecular formula is C30H32F2N3O4+. The smallest absolute Gasteiger partial charge is 0.411 e. The summed E-state index contributed by atoms with van der Waals surface area (Å²) >= 11 is 0. The molecule has 3 aromatic rings. The molecule has 3 aromatic carbocycles. The van der Waals surface area contributed by atoms with Crippen LogP contribution in [0, 0.1) is 11.6 Å². The summed E-state index contributed by atoms with van der Waals surface area (Å²) in [5.41, 5.74) is 2.26. The number of hydrogen-bond donors (Lipinski definition) is 2. The number of nitrogens with one attached hydrogen (secondary N) is 2. The van der Waals surface area contributed by atoms with Crippen LogP contribution in [0.25, 0.3) is 11.1 Å². The number of nitrogens with zero attached hydrogens (tertiary/aromatic N) is 1. The van der Waals surface area contributed by atoms with Crippen LogP contribution in [-0.2, 0) is 16.0 Å². The number of carbonyl (C=O) groups excluding carboxylic acids is 3. The number of rotatable bonds is 8. The third-order valence-electron chi connectivity index (χ3n) is 6.92. The number of aldehydes is 1. The van der Waals surface area contributed by atoms with Crippen LogP contribution in [0.1, 0.15) is 35.2 Å². The number of amides is 2. The molecule has 4 rings (SSSR count). The van der Waals surface area contributed by atoms with Gasteiger partial charge in [-0.25, -0.2) is 13.6 Å². The van der Waals surface area contributed by atoms with Gasteiger partial charge < -0.3 is 14.5 Å². The van der Waals surface area contributed by atoms with E-state index in [-0.39, 0.29) is 30.9 Å². The first-order valence-electron chi connectivity index (χ1n) is 12.9. The predicted molar refractivity (Wildman–Crippen MR) is 146 cm³/mol. The second kappa shape index (κ2) is 12.2. The molecule has 9 heteroatoms. The number of piperidine rings is 1. The van der Waals surface area contributed by atoms with Crippen LogP contribution in [0.15, 0.2) is 60.7 Å². The fourth-order valence-corrected chi connectivity index (χ4v) is 4.59. The Kier molecular flexibility index (Phi) is 8.71. The molecule has 0 atom stereocenters. The number of aryl methyl sites for hydroxylation is 1. The number of carbonyl (C=O) groups is 3. The Hall–Kier alpha value is -4.11. The van der Waals surface area contributed by atoms with Gasteiger partial charge in [-0.1, -0.05) is 42.5 Å². The van der Waals surface area contributed by atoms with Gasteiger partial charge >= 0.3 is 6.09 Å². The lowest BCUT2D eigenvalue weighted by molar-refractivity contribution is -0.896. The molecule has 0 aromatic heterocycles. The van der Waals surface area contributed by atoms with E-state index in [0.717, 1.165) is 59.2 Å². The molecule has 204 valence electrons. The molecule has 39 heavy (non-hydrogen) atoms. The summed E-state index contributed by atoms with van der Waals surface area (Å²) in [7, 11) is 4.32. The highest BCUT2D eigenvalue weighted by molar-refractivity contribution is 5.93. The molecule has 7 nitrogen and oxygen atoms in total. The van der Waals surface area contributed by atoms with Crippen molar-refractivity contribution in [3.63, 3.8) is 0 Å². The zero-order valence-electron chi connectivity index (χ0n) is 22.0. The molecule has 0 bridgehead atoms. The molecule has 1 saturated heterocycles. The summed E-state index contributed by atoms with van der Waals surface area (Å²) in [4.78, 5) is 36.1. The van der Waals surface area contributed by atoms with E-state index in [9.17, 15) is 23.2 Å². The van der Waals surface area contributed by atoms with Gasteiger partial charge in [-0.15, -0.1) is 0 Å². The topological polar surface area (TPSA) is 84.5 Å². The van der Waals surface area contributed by atoms with E-state index in [1.807, 2.05) is 42.5 Å². The highest BCUT2D eigenvalue weighted by Gasteiger charge is 2.28. The van der Waals surface area contributed by atoms with Gasteiger partial charge in [-0.2, -0.15) is 0 Å². The fourth-order valence-electron chi connectivity index (χ4n) is 4.59. The summed E-state index contributed by atoms with van der Waals surface area (Å²) in [6.07, 6.45) is 1.40. The third-order valence-corrected chi connectivity index (χ3v) is 6.92. The number of quaternary nitrogens is 1. The fraction of sp³-hybridized carbons (Fsp3) is 0.300. The van der Waals surface area contributed by atoms with Gasteiger partial charge in [0, 0.05) is 30.9 Å². The zero-order chi connectivity index (χ0) is 28.0. The van der Waals surface area contributed by atoms with E-state index in [1.54, 1.807) is 6.07 Å². The Morgan fingerprint density at radius 2 is 1.67 bits per heavy atom. The number of anilines is 2. The van der Waals surface area contributed by atoms with Crippen LogP contribution in [0.5, 0.6) is 0 Å². The molecule has 0 unspecified atom stereocenters. The minimum absolute atomic E-state index is 0.0127. The Labute approximate surface area is 226 Å². The molecule has 1 aliphatic heterocycles. The van der Waals surface area contributed by atoms with E-state index < -0.39 is 29.2 Å². The average molecular weight is 537 g/mol. The van der Waals surface area contributed by atoms with Gasteiger partial charge in [0.15, 0.2) is 6.29 Å². The van der Waals surface area contributed by atoms with Crippen molar-refractivity contribution in [3.05, 3.63) is 83.4 Å². The number of halogens is 2. The van der Waals surface area contributed by atoms with Gasteiger partial charge in [0.2, 0.25) is 5.91 Å². The Balaban J connectivity index is 1.45. The standard InChI is InChI=1S/C30H31F2N3O4/c1-35(2)14-12-23(13-15-35)39-30(38)34-27-16-20(8-10-24(27)21-6-4-3-5-7-21)9-11-29(37)33-28-18-25(31)22(19-36)17-26(28)32/h3-8,10,16-19,23H,9,11-15H2,1-2H3,(H-,33,34,36,37,38)/p+1. The minimum Gasteiger partial charge on any atom is -0.446 e. The van der Waals surface area contributed by atoms with Crippen molar-refractivity contribution >= 4 is 29.7 Å². The van der Waals surface area contributed by atoms with E-state index in [4.69, 9.17) is 4.74 Å². The lowest BCUT2D eigenvalue weighted by Crippen LogP contribution is -2.48. The van der Waals surface area contributed by atoms with Gasteiger partial charge in [0.1, 0.15) is 17.7 Å². The molecule has 0 saturated carbocycles. The van der Waals surface area contributed by atoms with Crippen LogP contribution in [0.2, 0.25) is 0 Å². The second-order valence-electron chi connectivity index (χ2n) is 10.4. The number of ether oxygens (including phenoxy) is 1. The van der Waals surface area contributed by atoms with Gasteiger partial charge in [-0.3, -0.25) is 14.9 Å². The Bertz CT molecular complexity index is 1350. The molecule has 0 aliphatic carbocycles. The maximum atomic E-state index is 14.1. The first-order valence-corrected chi connectivity index (χ1v) is 12.9. The summed E-state index contributed by atoms with van der Waals surface area (Å²) < 4.78 is 34.6. The summed E-state index contributed by atoms with van der Waals surface area (Å²) in [5, 5.41) is 5.23. The van der Waals surface area contributed by atoms with Crippen LogP contribution in [-0.4, -0.2) is 56.1 Å². The molecular weight excluding hydrogens is 504 g/mol. The van der Waals surface area contributed by atoms with Crippen molar-refractivity contribution in [2.75, 3.05) is 37.8 Å². The monoisotopic (exact) mass is 536 g/mol. The third kappa shape index (κ3) is 7.48. The second-order valence-corrected chi connectivity index (χ2v) is 10.4.